The van der Waals surface area contributed by atoms with Gasteiger partial charge in [0.15, 0.2) is 0 Å². The zero-order chi connectivity index (χ0) is 12.4. The van der Waals surface area contributed by atoms with Crippen LogP contribution in [0, 0.1) is 11.8 Å². The Morgan fingerprint density at radius 1 is 0.938 bits per heavy atom. The third-order valence-corrected chi connectivity index (χ3v) is 3.71. The van der Waals surface area contributed by atoms with Crippen LogP contribution in [0.3, 0.4) is 0 Å². The van der Waals surface area contributed by atoms with E-state index in [0.717, 1.165) is 17.9 Å². The highest BCUT2D eigenvalue weighted by molar-refractivity contribution is 4.76. The van der Waals surface area contributed by atoms with Gasteiger partial charge in [-0.05, 0) is 31.2 Å². The van der Waals surface area contributed by atoms with E-state index in [4.69, 9.17) is 0 Å². The van der Waals surface area contributed by atoms with Gasteiger partial charge >= 0.3 is 0 Å². The van der Waals surface area contributed by atoms with Crippen molar-refractivity contribution in [2.45, 2.75) is 79.2 Å². The minimum absolute atomic E-state index is 0.747. The second-order valence-electron chi connectivity index (χ2n) is 5.27. The lowest BCUT2D eigenvalue weighted by Gasteiger charge is -2.29. The van der Waals surface area contributed by atoms with Gasteiger partial charge in [-0.1, -0.05) is 60.3 Å². The lowest BCUT2D eigenvalue weighted by atomic mass is 9.86. The van der Waals surface area contributed by atoms with Gasteiger partial charge in [0.1, 0.15) is 0 Å². The molecule has 1 heteroatoms. The topological polar surface area (TPSA) is 12.0 Å². The van der Waals surface area contributed by atoms with E-state index in [2.05, 4.69) is 39.9 Å². The third-order valence-electron chi connectivity index (χ3n) is 3.71. The van der Waals surface area contributed by atoms with Gasteiger partial charge in [-0.3, -0.25) is 0 Å². The molecule has 0 aromatic rings. The predicted molar refractivity (Wildman–Crippen MR) is 74.8 cm³/mol. The Morgan fingerprint density at radius 2 is 1.56 bits per heavy atom. The van der Waals surface area contributed by atoms with Gasteiger partial charge in [-0.2, -0.15) is 0 Å². The quantitative estimate of drug-likeness (QED) is 0.574. The Kier molecular flexibility index (Phi) is 10.1. The molecule has 0 heterocycles. The van der Waals surface area contributed by atoms with Gasteiger partial charge in [0.2, 0.25) is 0 Å². The molecule has 1 nitrogen and oxygen atoms in total. The van der Waals surface area contributed by atoms with Gasteiger partial charge in [0, 0.05) is 6.04 Å². The normalized spacial score (nSPS) is 15.4. The third kappa shape index (κ3) is 6.52. The predicted octanol–water partition coefficient (Wildman–Crippen LogP) is 4.62. The molecule has 0 fully saturated rings. The van der Waals surface area contributed by atoms with E-state index in [0.29, 0.717) is 0 Å². The summed E-state index contributed by atoms with van der Waals surface area (Å²) in [7, 11) is 0. The van der Waals surface area contributed by atoms with Gasteiger partial charge < -0.3 is 5.32 Å². The maximum Gasteiger partial charge on any atom is 0.00976 e. The Hall–Kier alpha value is -0.0400. The fraction of sp³-hybridized carbons (Fsp3) is 1.00. The maximum atomic E-state index is 3.76. The molecule has 2 atom stereocenters. The Labute approximate surface area is 103 Å². The Bertz CT molecular complexity index is 140. The van der Waals surface area contributed by atoms with Crippen molar-refractivity contribution in [1.82, 2.24) is 5.32 Å². The van der Waals surface area contributed by atoms with Crippen molar-refractivity contribution in [3.8, 4) is 0 Å². The van der Waals surface area contributed by atoms with Crippen LogP contribution in [0.1, 0.15) is 73.1 Å². The van der Waals surface area contributed by atoms with E-state index in [-0.39, 0.29) is 0 Å². The van der Waals surface area contributed by atoms with Crippen molar-refractivity contribution in [3.05, 3.63) is 0 Å². The van der Waals surface area contributed by atoms with Crippen LogP contribution in [0.15, 0.2) is 0 Å². The molecule has 16 heavy (non-hydrogen) atoms. The number of hydrogen-bond acceptors (Lipinski definition) is 1. The van der Waals surface area contributed by atoms with Gasteiger partial charge in [-0.15, -0.1) is 0 Å². The molecule has 0 saturated carbocycles. The van der Waals surface area contributed by atoms with Crippen LogP contribution in [0.2, 0.25) is 0 Å². The zero-order valence-electron chi connectivity index (χ0n) is 12.2. The van der Waals surface area contributed by atoms with Crippen LogP contribution < -0.4 is 5.32 Å². The molecule has 0 aromatic heterocycles. The average molecular weight is 227 g/mol. The Morgan fingerprint density at radius 3 is 2.00 bits per heavy atom. The van der Waals surface area contributed by atoms with E-state index >= 15 is 0 Å². The van der Waals surface area contributed by atoms with Crippen LogP contribution in [-0.4, -0.2) is 12.6 Å². The largest absolute Gasteiger partial charge is 0.314 e. The first kappa shape index (κ1) is 16.0. The summed E-state index contributed by atoms with van der Waals surface area (Å²) in [6.07, 6.45) is 7.95. The summed E-state index contributed by atoms with van der Waals surface area (Å²) >= 11 is 0. The molecular weight excluding hydrogens is 194 g/mol. The number of hydrogen-bond donors (Lipinski definition) is 1. The lowest BCUT2D eigenvalue weighted by molar-refractivity contribution is 0.278. The smallest absolute Gasteiger partial charge is 0.00976 e. The summed E-state index contributed by atoms with van der Waals surface area (Å²) < 4.78 is 0. The van der Waals surface area contributed by atoms with E-state index in [1.807, 2.05) is 0 Å². The highest BCUT2D eigenvalue weighted by Crippen LogP contribution is 2.22. The van der Waals surface area contributed by atoms with Crippen molar-refractivity contribution in [2.24, 2.45) is 11.8 Å². The summed E-state index contributed by atoms with van der Waals surface area (Å²) in [4.78, 5) is 0. The average Bonchev–Trinajstić information content (AvgIpc) is 2.27. The SMILES string of the molecule is CCCNC(CC(C)CCC)C(CC)CC. The van der Waals surface area contributed by atoms with E-state index in [1.54, 1.807) is 0 Å². The van der Waals surface area contributed by atoms with E-state index < -0.39 is 0 Å². The molecule has 0 amide bonds. The van der Waals surface area contributed by atoms with Gasteiger partial charge in [0.05, 0.1) is 0 Å². The van der Waals surface area contributed by atoms with Crippen molar-refractivity contribution in [2.75, 3.05) is 6.54 Å². The second kappa shape index (κ2) is 10.1. The highest BCUT2D eigenvalue weighted by atomic mass is 14.9. The summed E-state index contributed by atoms with van der Waals surface area (Å²) in [6, 6.07) is 0.747. The second-order valence-corrected chi connectivity index (χ2v) is 5.27. The minimum Gasteiger partial charge on any atom is -0.314 e. The van der Waals surface area contributed by atoms with Crippen LogP contribution in [0.25, 0.3) is 0 Å². The molecule has 0 bridgehead atoms. The van der Waals surface area contributed by atoms with Gasteiger partial charge in [-0.25, -0.2) is 0 Å². The first-order valence-electron chi connectivity index (χ1n) is 7.42. The summed E-state index contributed by atoms with van der Waals surface area (Å²) in [5, 5.41) is 3.76. The summed E-state index contributed by atoms with van der Waals surface area (Å²) in [5.74, 6) is 1.74. The molecule has 0 saturated heterocycles. The molecule has 0 aliphatic carbocycles. The van der Waals surface area contributed by atoms with Gasteiger partial charge in [0.25, 0.3) is 0 Å². The monoisotopic (exact) mass is 227 g/mol. The molecule has 0 aromatic carbocycles. The number of rotatable bonds is 10. The van der Waals surface area contributed by atoms with Crippen molar-refractivity contribution in [1.29, 1.82) is 0 Å². The summed E-state index contributed by atoms with van der Waals surface area (Å²) in [5.41, 5.74) is 0. The first-order valence-corrected chi connectivity index (χ1v) is 7.42. The van der Waals surface area contributed by atoms with Crippen LogP contribution >= 0.6 is 0 Å². The minimum atomic E-state index is 0.747. The molecule has 0 aliphatic rings. The standard InChI is InChI=1S/C15H33N/c1-6-10-13(5)12-15(16-11-7-2)14(8-3)9-4/h13-16H,6-12H2,1-5H3. The molecule has 1 N–H and O–H groups in total. The first-order chi connectivity index (χ1) is 7.69. The Balaban J connectivity index is 4.17. The molecule has 2 unspecified atom stereocenters. The van der Waals surface area contributed by atoms with E-state index in [9.17, 15) is 0 Å². The van der Waals surface area contributed by atoms with Crippen LogP contribution in [-0.2, 0) is 0 Å². The fourth-order valence-corrected chi connectivity index (χ4v) is 2.67. The highest BCUT2D eigenvalue weighted by Gasteiger charge is 2.19. The zero-order valence-corrected chi connectivity index (χ0v) is 12.2. The molecular formula is C15H33N. The molecule has 0 rings (SSSR count). The van der Waals surface area contributed by atoms with E-state index in [1.165, 1.54) is 45.1 Å². The molecule has 0 spiro atoms. The molecule has 98 valence electrons. The van der Waals surface area contributed by atoms with Crippen molar-refractivity contribution >= 4 is 0 Å². The summed E-state index contributed by atoms with van der Waals surface area (Å²) in [6.45, 7) is 12.8. The van der Waals surface area contributed by atoms with Crippen molar-refractivity contribution < 1.29 is 0 Å². The maximum absolute atomic E-state index is 3.76. The lowest BCUT2D eigenvalue weighted by Crippen LogP contribution is -2.37. The van der Waals surface area contributed by atoms with Crippen molar-refractivity contribution in [3.63, 3.8) is 0 Å². The molecule has 0 radical (unpaired) electrons. The molecule has 0 aliphatic heterocycles. The van der Waals surface area contributed by atoms with Crippen LogP contribution in [0.4, 0.5) is 0 Å². The van der Waals surface area contributed by atoms with Crippen LogP contribution in [0.5, 0.6) is 0 Å². The number of nitrogens with one attached hydrogen (secondary N) is 1. The fourth-order valence-electron chi connectivity index (χ4n) is 2.67.